The molecular formula is C53H71ClN10O10S. The van der Waals surface area contributed by atoms with Crippen LogP contribution < -0.4 is 30.7 Å². The summed E-state index contributed by atoms with van der Waals surface area (Å²) in [6, 6.07) is 11.4. The molecule has 2 aliphatic heterocycles. The molecule has 0 radical (unpaired) electrons. The lowest BCUT2D eigenvalue weighted by Crippen LogP contribution is -2.53. The van der Waals surface area contributed by atoms with Crippen LogP contribution in [-0.2, 0) is 28.5 Å². The number of carbonyl (C=O) groups excluding carboxylic acids is 4. The van der Waals surface area contributed by atoms with Gasteiger partial charge in [0.1, 0.15) is 45.7 Å². The number of aromatic nitrogens is 3. The summed E-state index contributed by atoms with van der Waals surface area (Å²) < 4.78 is 34.2. The van der Waals surface area contributed by atoms with E-state index in [0.717, 1.165) is 64.6 Å². The van der Waals surface area contributed by atoms with Crippen LogP contribution >= 0.6 is 22.9 Å². The van der Waals surface area contributed by atoms with E-state index >= 15 is 0 Å². The summed E-state index contributed by atoms with van der Waals surface area (Å²) in [4.78, 5) is 73.3. The van der Waals surface area contributed by atoms with Crippen LogP contribution in [0, 0.1) is 5.92 Å². The Morgan fingerprint density at radius 1 is 0.813 bits per heavy atom. The van der Waals surface area contributed by atoms with Crippen molar-refractivity contribution in [2.24, 2.45) is 5.92 Å². The first kappa shape index (κ1) is 56.8. The molecule has 3 amide bonds. The topological polar surface area (TPSA) is 220 Å². The van der Waals surface area contributed by atoms with Gasteiger partial charge in [-0.2, -0.15) is 4.98 Å². The van der Waals surface area contributed by atoms with Gasteiger partial charge >= 0.3 is 0 Å². The number of ether oxygens (including phenoxy) is 6. The van der Waals surface area contributed by atoms with Gasteiger partial charge in [-0.3, -0.25) is 24.1 Å². The molecule has 2 atom stereocenters. The lowest BCUT2D eigenvalue weighted by Gasteiger charge is -2.34. The summed E-state index contributed by atoms with van der Waals surface area (Å²) in [6.45, 7) is 11.6. The number of carbonyl (C=O) groups is 4. The predicted molar refractivity (Wildman–Crippen MR) is 286 cm³/mol. The molecule has 0 unspecified atom stereocenters. The third-order valence-corrected chi connectivity index (χ3v) is 14.6. The van der Waals surface area contributed by atoms with E-state index in [-0.39, 0.29) is 41.2 Å². The van der Waals surface area contributed by atoms with Gasteiger partial charge in [0.05, 0.1) is 83.6 Å². The van der Waals surface area contributed by atoms with Crippen LogP contribution in [-0.4, -0.2) is 179 Å². The monoisotopic (exact) mass is 1070 g/mol. The summed E-state index contributed by atoms with van der Waals surface area (Å²) in [5, 5.41) is 14.7. The molecule has 2 aromatic heterocycles. The van der Waals surface area contributed by atoms with Gasteiger partial charge in [0.15, 0.2) is 0 Å². The molecule has 75 heavy (non-hydrogen) atoms. The molecule has 7 rings (SSSR count). The standard InChI is InChI=1S/C53H71ClN10O10S/c1-36(55-2)49(66)60-46(37-10-6-5-7-11-37)52(68)64-17-9-14-44(64)50-58-43(35-75-50)47(65)38-12-8-13-40(32-38)74-31-30-73-29-28-72-27-26-71-25-24-70-23-22-62-18-20-63(21-19-62)51(67)39-15-16-42(45(33-39)69-4)59-53-57-34-41(54)48(56-3)61-53/h8,12-13,15-16,32-35,37,44,46,55H,1,5-7,9-11,14,17-31H2,2-4H3,(H,60,66)(H2,56,57,59,61)/t44-,46-/m0/s1. The van der Waals surface area contributed by atoms with Crippen molar-refractivity contribution in [3.8, 4) is 11.5 Å². The van der Waals surface area contributed by atoms with Crippen molar-refractivity contribution in [1.82, 2.24) is 40.3 Å². The highest BCUT2D eigenvalue weighted by Gasteiger charge is 2.40. The summed E-state index contributed by atoms with van der Waals surface area (Å²) in [7, 11) is 4.91. The zero-order valence-corrected chi connectivity index (χ0v) is 44.8. The number of hydrogen-bond acceptors (Lipinski definition) is 18. The van der Waals surface area contributed by atoms with Gasteiger partial charge in [0.2, 0.25) is 17.6 Å². The second-order valence-electron chi connectivity index (χ2n) is 18.3. The number of hydrogen-bond donors (Lipinski definition) is 4. The molecule has 20 nitrogen and oxygen atoms in total. The third-order valence-electron chi connectivity index (χ3n) is 13.4. The van der Waals surface area contributed by atoms with Gasteiger partial charge < -0.3 is 59.5 Å². The van der Waals surface area contributed by atoms with Gasteiger partial charge in [0.25, 0.3) is 11.8 Å². The van der Waals surface area contributed by atoms with E-state index in [1.165, 1.54) is 17.5 Å². The second-order valence-corrected chi connectivity index (χ2v) is 19.6. The van der Waals surface area contributed by atoms with Crippen molar-refractivity contribution >= 4 is 63.9 Å². The number of nitrogens with zero attached hydrogens (tertiary/aromatic N) is 6. The minimum atomic E-state index is -0.643. The Hall–Kier alpha value is -5.94. The van der Waals surface area contributed by atoms with E-state index in [0.29, 0.717) is 135 Å². The molecule has 4 aromatic rings. The Kier molecular flexibility index (Phi) is 22.2. The smallest absolute Gasteiger partial charge is 0.267 e. The highest BCUT2D eigenvalue weighted by molar-refractivity contribution is 7.10. The van der Waals surface area contributed by atoms with E-state index in [1.807, 2.05) is 9.80 Å². The highest BCUT2D eigenvalue weighted by Crippen LogP contribution is 2.37. The molecule has 4 heterocycles. The lowest BCUT2D eigenvalue weighted by atomic mass is 9.83. The Morgan fingerprint density at radius 2 is 1.52 bits per heavy atom. The minimum Gasteiger partial charge on any atom is -0.495 e. The summed E-state index contributed by atoms with van der Waals surface area (Å²) in [5.74, 6) is 1.17. The maximum Gasteiger partial charge on any atom is 0.267 e. The molecule has 0 bridgehead atoms. The molecule has 4 N–H and O–H groups in total. The SMILES string of the molecule is C=C(NC)C(=O)N[C@H](C(=O)N1CCC[C@H]1c1nc(C(=O)c2cccc(OCCOCCOCCOCCOCCN3CCN(C(=O)c4ccc(Nc5ncc(Cl)c(NC)n5)c(OC)c4)CC3)c2)cs1)C1CCCCC1. The number of halogens is 1. The molecular weight excluding hydrogens is 1000 g/mol. The first-order valence-corrected chi connectivity index (χ1v) is 27.0. The number of likely N-dealkylation sites (N-methyl/N-ethyl adjacent to an activating group) is 1. The van der Waals surface area contributed by atoms with E-state index in [2.05, 4.69) is 42.7 Å². The Labute approximate surface area is 448 Å². The zero-order chi connectivity index (χ0) is 52.9. The number of thiazole rings is 1. The largest absolute Gasteiger partial charge is 0.495 e. The van der Waals surface area contributed by atoms with Crippen molar-refractivity contribution in [3.63, 3.8) is 0 Å². The molecule has 1 saturated carbocycles. The van der Waals surface area contributed by atoms with E-state index in [9.17, 15) is 19.2 Å². The van der Waals surface area contributed by atoms with Gasteiger partial charge in [-0.1, -0.05) is 49.6 Å². The number of anilines is 3. The summed E-state index contributed by atoms with van der Waals surface area (Å²) >= 11 is 7.49. The average molecular weight is 1080 g/mol. The maximum atomic E-state index is 14.2. The first-order chi connectivity index (χ1) is 36.6. The van der Waals surface area contributed by atoms with Crippen molar-refractivity contribution < 1.29 is 47.6 Å². The van der Waals surface area contributed by atoms with Crippen LogP contribution in [0.2, 0.25) is 5.02 Å². The van der Waals surface area contributed by atoms with Crippen molar-refractivity contribution in [2.75, 3.05) is 131 Å². The number of piperazine rings is 1. The van der Waals surface area contributed by atoms with Crippen LogP contribution in [0.4, 0.5) is 17.5 Å². The number of methoxy groups -OCH3 is 1. The fourth-order valence-corrected chi connectivity index (χ4v) is 10.4. The normalized spacial score (nSPS) is 16.6. The fourth-order valence-electron chi connectivity index (χ4n) is 9.26. The average Bonchev–Trinajstić information content (AvgIpc) is 4.15. The molecule has 3 fully saturated rings. The van der Waals surface area contributed by atoms with E-state index in [1.54, 1.807) is 69.0 Å². The summed E-state index contributed by atoms with van der Waals surface area (Å²) in [5.41, 5.74) is 2.14. The maximum absolute atomic E-state index is 14.2. The highest BCUT2D eigenvalue weighted by atomic mass is 35.5. The molecule has 2 saturated heterocycles. The van der Waals surface area contributed by atoms with Crippen LogP contribution in [0.15, 0.2) is 66.3 Å². The Morgan fingerprint density at radius 3 is 2.21 bits per heavy atom. The zero-order valence-electron chi connectivity index (χ0n) is 43.2. The van der Waals surface area contributed by atoms with Crippen molar-refractivity contribution in [2.45, 2.75) is 57.0 Å². The number of ketones is 1. The molecule has 3 aliphatic rings. The van der Waals surface area contributed by atoms with Crippen molar-refractivity contribution in [1.29, 1.82) is 0 Å². The van der Waals surface area contributed by atoms with Crippen molar-refractivity contribution in [3.05, 3.63) is 93.2 Å². The van der Waals surface area contributed by atoms with Crippen LogP contribution in [0.3, 0.4) is 0 Å². The fraction of sp³-hybridized carbons (Fsp3) is 0.528. The molecule has 0 spiro atoms. The second kappa shape index (κ2) is 29.4. The number of rotatable bonds is 29. The van der Waals surface area contributed by atoms with E-state index in [4.69, 9.17) is 45.0 Å². The molecule has 1 aliphatic carbocycles. The molecule has 2 aromatic carbocycles. The van der Waals surface area contributed by atoms with Crippen LogP contribution in [0.1, 0.15) is 82.4 Å². The first-order valence-electron chi connectivity index (χ1n) is 25.8. The molecule has 406 valence electrons. The van der Waals surface area contributed by atoms with Gasteiger partial charge in [-0.25, -0.2) is 9.97 Å². The number of likely N-dealkylation sites (tertiary alicyclic amines) is 1. The van der Waals surface area contributed by atoms with E-state index < -0.39 is 6.04 Å². The number of amides is 3. The predicted octanol–water partition coefficient (Wildman–Crippen LogP) is 5.98. The van der Waals surface area contributed by atoms with Gasteiger partial charge in [0, 0.05) is 69.9 Å². The Bertz CT molecular complexity index is 2520. The molecule has 22 heteroatoms. The van der Waals surface area contributed by atoms with Gasteiger partial charge in [-0.05, 0) is 61.9 Å². The van der Waals surface area contributed by atoms with Crippen LogP contribution in [0.5, 0.6) is 11.5 Å². The summed E-state index contributed by atoms with van der Waals surface area (Å²) in [6.07, 6.45) is 8.00. The van der Waals surface area contributed by atoms with Gasteiger partial charge in [-0.15, -0.1) is 11.3 Å². The minimum absolute atomic E-state index is 0.0558. The number of nitrogens with one attached hydrogen (secondary N) is 4. The lowest BCUT2D eigenvalue weighted by molar-refractivity contribution is -0.138. The quantitative estimate of drug-likeness (QED) is 0.0279. The Balaban J connectivity index is 0.709. The third kappa shape index (κ3) is 16.3. The number of benzene rings is 2. The van der Waals surface area contributed by atoms with Crippen LogP contribution in [0.25, 0.3) is 0 Å².